The number of carbonyl (C=O) groups excluding carboxylic acids is 2. The van der Waals surface area contributed by atoms with Gasteiger partial charge in [-0.15, -0.1) is 11.3 Å². The van der Waals surface area contributed by atoms with Crippen LogP contribution in [-0.4, -0.2) is 91.7 Å². The average Bonchev–Trinajstić information content (AvgIpc) is 3.74. The highest BCUT2D eigenvalue weighted by Gasteiger charge is 2.42. The summed E-state index contributed by atoms with van der Waals surface area (Å²) in [5, 5.41) is 12.0. The summed E-state index contributed by atoms with van der Waals surface area (Å²) in [6, 6.07) is 17.7. The Morgan fingerprint density at radius 1 is 1.02 bits per heavy atom. The molecule has 50 heavy (non-hydrogen) atoms. The molecule has 2 amide bonds. The van der Waals surface area contributed by atoms with Gasteiger partial charge in [-0.25, -0.2) is 4.98 Å². The van der Waals surface area contributed by atoms with Crippen molar-refractivity contribution in [2.24, 2.45) is 13.0 Å². The van der Waals surface area contributed by atoms with E-state index in [1.807, 2.05) is 97.5 Å². The number of benzene rings is 1. The Morgan fingerprint density at radius 2 is 1.78 bits per heavy atom. The van der Waals surface area contributed by atoms with Gasteiger partial charge in [-0.05, 0) is 49.9 Å². The normalized spacial score (nSPS) is 19.1. The van der Waals surface area contributed by atoms with Gasteiger partial charge < -0.3 is 24.4 Å². The lowest BCUT2D eigenvalue weighted by Gasteiger charge is -2.43. The summed E-state index contributed by atoms with van der Waals surface area (Å²) >= 11 is 1.48. The molecule has 2 fully saturated rings. The Bertz CT molecular complexity index is 2080. The molecule has 2 saturated heterocycles. The first-order chi connectivity index (χ1) is 24.0. The predicted octanol–water partition coefficient (Wildman–Crippen LogP) is 4.53. The van der Waals surface area contributed by atoms with Gasteiger partial charge in [0.05, 0.1) is 33.0 Å². The third-order valence-corrected chi connectivity index (χ3v) is 11.5. The second-order valence-corrected chi connectivity index (χ2v) is 15.0. The molecule has 2 aliphatic rings. The highest BCUT2D eigenvalue weighted by Crippen LogP contribution is 2.40. The van der Waals surface area contributed by atoms with Crippen LogP contribution >= 0.6 is 11.3 Å². The SMILES string of the molecule is Cc1ccc(-c2sc(C(=O)N3CC[C@@H](C(=O)N4CCC(O)(Cn5cnc6c(ccn6C)c5=O)CC4)[C@H](c4ccccc4)C3)cc2N(C)C)cn1. The number of thiophene rings is 1. The summed E-state index contributed by atoms with van der Waals surface area (Å²) in [5.41, 5.74) is 3.22. The third kappa shape index (κ3) is 6.45. The molecule has 5 aromatic rings. The Labute approximate surface area is 295 Å². The van der Waals surface area contributed by atoms with Crippen LogP contribution in [0, 0.1) is 12.8 Å². The average molecular weight is 694 g/mol. The molecule has 7 rings (SSSR count). The number of aromatic nitrogens is 4. The number of likely N-dealkylation sites (tertiary alicyclic amines) is 2. The molecule has 6 heterocycles. The number of fused-ring (bicyclic) bond motifs is 1. The molecule has 1 N–H and O–H groups in total. The molecule has 2 aliphatic heterocycles. The highest BCUT2D eigenvalue weighted by atomic mass is 32.1. The Balaban J connectivity index is 1.06. The molecule has 0 radical (unpaired) electrons. The van der Waals surface area contributed by atoms with Crippen molar-refractivity contribution in [2.45, 2.75) is 44.2 Å². The van der Waals surface area contributed by atoms with Gasteiger partial charge in [0.15, 0.2) is 0 Å². The number of carbonyl (C=O) groups is 2. The van der Waals surface area contributed by atoms with Gasteiger partial charge in [0.1, 0.15) is 12.0 Å². The van der Waals surface area contributed by atoms with Crippen LogP contribution in [0.15, 0.2) is 78.1 Å². The van der Waals surface area contributed by atoms with Gasteiger partial charge in [0, 0.05) is 82.8 Å². The summed E-state index contributed by atoms with van der Waals surface area (Å²) in [7, 11) is 5.80. The second-order valence-electron chi connectivity index (χ2n) is 14.0. The number of piperidine rings is 2. The molecule has 260 valence electrons. The molecule has 2 atom stereocenters. The summed E-state index contributed by atoms with van der Waals surface area (Å²) < 4.78 is 3.28. The Hall–Kier alpha value is -4.81. The van der Waals surface area contributed by atoms with Crippen LogP contribution in [0.5, 0.6) is 0 Å². The van der Waals surface area contributed by atoms with E-state index in [0.29, 0.717) is 61.4 Å². The van der Waals surface area contributed by atoms with Gasteiger partial charge in [-0.1, -0.05) is 36.4 Å². The minimum absolute atomic E-state index is 0.0299. The highest BCUT2D eigenvalue weighted by molar-refractivity contribution is 7.18. The van der Waals surface area contributed by atoms with E-state index in [1.165, 1.54) is 22.2 Å². The van der Waals surface area contributed by atoms with Crippen molar-refractivity contribution in [2.75, 3.05) is 45.2 Å². The van der Waals surface area contributed by atoms with Crippen LogP contribution in [0.2, 0.25) is 0 Å². The molecule has 12 heteroatoms. The van der Waals surface area contributed by atoms with E-state index >= 15 is 0 Å². The Kier molecular flexibility index (Phi) is 9.08. The van der Waals surface area contributed by atoms with E-state index in [2.05, 4.69) is 9.97 Å². The lowest BCUT2D eigenvalue weighted by molar-refractivity contribution is -0.142. The minimum atomic E-state index is -1.13. The van der Waals surface area contributed by atoms with Crippen molar-refractivity contribution in [3.63, 3.8) is 0 Å². The van der Waals surface area contributed by atoms with Crippen molar-refractivity contribution in [1.29, 1.82) is 0 Å². The van der Waals surface area contributed by atoms with Crippen molar-refractivity contribution in [3.05, 3.63) is 99.8 Å². The molecule has 4 aromatic heterocycles. The number of rotatable bonds is 7. The zero-order chi connectivity index (χ0) is 35.2. The largest absolute Gasteiger partial charge is 0.388 e. The fourth-order valence-electron chi connectivity index (χ4n) is 7.40. The van der Waals surface area contributed by atoms with E-state index in [-0.39, 0.29) is 35.8 Å². The standard InChI is InChI=1S/C38H43N7O4S/c1-25-10-11-27(21-39-25)33-31(41(2)3)20-32(50-33)37(48)44-17-13-28(30(22-44)26-8-6-5-7-9-26)35(46)43-18-14-38(49,15-19-43)23-45-24-40-34-29(36(45)47)12-16-42(34)4/h5-12,16,20-21,24,28,30,49H,13-15,17-19,22-23H2,1-4H3/t28-,30+/m1/s1. The van der Waals surface area contributed by atoms with Crippen molar-refractivity contribution in [1.82, 2.24) is 28.9 Å². The van der Waals surface area contributed by atoms with Crippen molar-refractivity contribution in [3.8, 4) is 10.4 Å². The zero-order valence-corrected chi connectivity index (χ0v) is 29.8. The summed E-state index contributed by atoms with van der Waals surface area (Å²) in [4.78, 5) is 57.8. The van der Waals surface area contributed by atoms with Gasteiger partial charge >= 0.3 is 0 Å². The maximum absolute atomic E-state index is 14.2. The second kappa shape index (κ2) is 13.5. The number of aryl methyl sites for hydroxylation is 2. The summed E-state index contributed by atoms with van der Waals surface area (Å²) in [6.07, 6.45) is 6.41. The quantitative estimate of drug-likeness (QED) is 0.266. The van der Waals surface area contributed by atoms with Gasteiger partial charge in [0.25, 0.3) is 11.5 Å². The first kappa shape index (κ1) is 33.7. The number of nitrogens with zero attached hydrogens (tertiary/aromatic N) is 7. The van der Waals surface area contributed by atoms with E-state index in [1.54, 1.807) is 16.8 Å². The summed E-state index contributed by atoms with van der Waals surface area (Å²) in [6.45, 7) is 3.78. The molecule has 1 aromatic carbocycles. The zero-order valence-electron chi connectivity index (χ0n) is 29.0. The maximum atomic E-state index is 14.2. The van der Waals surface area contributed by atoms with Gasteiger partial charge in [0.2, 0.25) is 5.91 Å². The topological polar surface area (TPSA) is 117 Å². The van der Waals surface area contributed by atoms with Crippen LogP contribution in [-0.2, 0) is 18.4 Å². The van der Waals surface area contributed by atoms with Gasteiger partial charge in [-0.2, -0.15) is 0 Å². The first-order valence-corrected chi connectivity index (χ1v) is 17.9. The monoisotopic (exact) mass is 693 g/mol. The van der Waals surface area contributed by atoms with Crippen LogP contribution < -0.4 is 10.5 Å². The van der Waals surface area contributed by atoms with Crippen molar-refractivity contribution < 1.29 is 14.7 Å². The number of anilines is 1. The smallest absolute Gasteiger partial charge is 0.264 e. The van der Waals surface area contributed by atoms with Crippen LogP contribution in [0.4, 0.5) is 5.69 Å². The van der Waals surface area contributed by atoms with E-state index < -0.39 is 5.60 Å². The van der Waals surface area contributed by atoms with Crippen LogP contribution in [0.3, 0.4) is 0 Å². The van der Waals surface area contributed by atoms with Crippen LogP contribution in [0.1, 0.15) is 46.1 Å². The molecule has 0 spiro atoms. The van der Waals surface area contributed by atoms with Gasteiger partial charge in [-0.3, -0.25) is 23.9 Å². The maximum Gasteiger partial charge on any atom is 0.264 e. The molecule has 0 aliphatic carbocycles. The molecular weight excluding hydrogens is 651 g/mol. The number of amides is 2. The number of aliphatic hydroxyl groups is 1. The molecular formula is C38H43N7O4S. The fourth-order valence-corrected chi connectivity index (χ4v) is 8.59. The first-order valence-electron chi connectivity index (χ1n) is 17.1. The molecule has 11 nitrogen and oxygen atoms in total. The third-order valence-electron chi connectivity index (χ3n) is 10.3. The summed E-state index contributed by atoms with van der Waals surface area (Å²) in [5.74, 6) is -0.441. The van der Waals surface area contributed by atoms with Crippen molar-refractivity contribution >= 4 is 39.9 Å². The number of hydrogen-bond donors (Lipinski definition) is 1. The molecule has 0 unspecified atom stereocenters. The van der Waals surface area contributed by atoms with E-state index in [0.717, 1.165) is 27.4 Å². The fraction of sp³-hybridized carbons (Fsp3) is 0.395. The molecule has 0 saturated carbocycles. The lowest BCUT2D eigenvalue weighted by Crippen LogP contribution is -2.53. The molecule has 0 bridgehead atoms. The van der Waals surface area contributed by atoms with E-state index in [4.69, 9.17) is 0 Å². The Morgan fingerprint density at radius 3 is 2.48 bits per heavy atom. The predicted molar refractivity (Wildman–Crippen MR) is 196 cm³/mol. The van der Waals surface area contributed by atoms with E-state index in [9.17, 15) is 19.5 Å². The number of hydrogen-bond acceptors (Lipinski definition) is 8. The van der Waals surface area contributed by atoms with Crippen LogP contribution in [0.25, 0.3) is 21.5 Å². The number of pyridine rings is 1. The minimum Gasteiger partial charge on any atom is -0.388 e. The lowest BCUT2D eigenvalue weighted by atomic mass is 9.79.